The van der Waals surface area contributed by atoms with Gasteiger partial charge in [0.05, 0.1) is 5.92 Å². The molecular formula is C17H18N2O. The summed E-state index contributed by atoms with van der Waals surface area (Å²) < 4.78 is 0. The van der Waals surface area contributed by atoms with E-state index in [1.165, 1.54) is 0 Å². The number of pyridine rings is 1. The first-order valence-electron chi connectivity index (χ1n) is 6.63. The summed E-state index contributed by atoms with van der Waals surface area (Å²) in [7, 11) is 0. The van der Waals surface area contributed by atoms with Crippen molar-refractivity contribution < 1.29 is 4.79 Å². The second kappa shape index (κ2) is 7.24. The maximum Gasteiger partial charge on any atom is 0.228 e. The van der Waals surface area contributed by atoms with Crippen LogP contribution in [0.1, 0.15) is 17.0 Å². The van der Waals surface area contributed by atoms with Crippen LogP contribution in [-0.2, 0) is 11.2 Å². The molecule has 1 N–H and O–H groups in total. The largest absolute Gasteiger partial charge is 0.352 e. The summed E-state index contributed by atoms with van der Waals surface area (Å²) in [4.78, 5) is 16.3. The molecule has 0 aliphatic carbocycles. The number of nitrogens with one attached hydrogen (secondary N) is 1. The molecule has 102 valence electrons. The van der Waals surface area contributed by atoms with Crippen LogP contribution in [0.15, 0.2) is 67.5 Å². The zero-order valence-corrected chi connectivity index (χ0v) is 11.3. The van der Waals surface area contributed by atoms with E-state index in [9.17, 15) is 4.79 Å². The van der Waals surface area contributed by atoms with E-state index < -0.39 is 0 Å². The third-order valence-corrected chi connectivity index (χ3v) is 3.13. The van der Waals surface area contributed by atoms with Crippen molar-refractivity contribution in [2.45, 2.75) is 12.3 Å². The first kappa shape index (κ1) is 14.0. The van der Waals surface area contributed by atoms with Gasteiger partial charge in [-0.2, -0.15) is 0 Å². The van der Waals surface area contributed by atoms with Crippen molar-refractivity contribution in [3.63, 3.8) is 0 Å². The number of benzene rings is 1. The molecule has 0 aliphatic rings. The molecule has 1 aromatic carbocycles. The standard InChI is InChI=1S/C17H18N2O/c1-2-10-19-17(20)16(15-6-4-3-5-7-15)13-14-8-11-18-12-9-14/h2-9,11-12,16H,1,10,13H2,(H,19,20). The summed E-state index contributed by atoms with van der Waals surface area (Å²) in [5, 5.41) is 2.88. The third-order valence-electron chi connectivity index (χ3n) is 3.13. The lowest BCUT2D eigenvalue weighted by molar-refractivity contribution is -0.122. The van der Waals surface area contributed by atoms with Crippen LogP contribution < -0.4 is 5.32 Å². The molecule has 0 saturated carbocycles. The molecule has 20 heavy (non-hydrogen) atoms. The molecule has 0 radical (unpaired) electrons. The van der Waals surface area contributed by atoms with E-state index in [1.54, 1.807) is 18.5 Å². The molecule has 3 nitrogen and oxygen atoms in total. The molecule has 0 fully saturated rings. The summed E-state index contributed by atoms with van der Waals surface area (Å²) in [6, 6.07) is 13.7. The molecular weight excluding hydrogens is 248 g/mol. The number of carbonyl (C=O) groups is 1. The van der Waals surface area contributed by atoms with Gasteiger partial charge in [-0.05, 0) is 29.7 Å². The van der Waals surface area contributed by atoms with Crippen LogP contribution in [0, 0.1) is 0 Å². The molecule has 1 heterocycles. The molecule has 1 atom stereocenters. The number of amides is 1. The van der Waals surface area contributed by atoms with E-state index in [2.05, 4.69) is 16.9 Å². The molecule has 2 rings (SSSR count). The number of aromatic nitrogens is 1. The summed E-state index contributed by atoms with van der Waals surface area (Å²) in [5.41, 5.74) is 2.12. The van der Waals surface area contributed by atoms with Gasteiger partial charge in [0.2, 0.25) is 5.91 Å². The Morgan fingerprint density at radius 2 is 1.90 bits per heavy atom. The monoisotopic (exact) mass is 266 g/mol. The Morgan fingerprint density at radius 1 is 1.20 bits per heavy atom. The first-order valence-corrected chi connectivity index (χ1v) is 6.63. The molecule has 1 amide bonds. The van der Waals surface area contributed by atoms with Gasteiger partial charge in [-0.25, -0.2) is 0 Å². The van der Waals surface area contributed by atoms with Gasteiger partial charge in [0, 0.05) is 18.9 Å². The Labute approximate surface area is 119 Å². The molecule has 0 aliphatic heterocycles. The first-order chi connectivity index (χ1) is 9.81. The molecule has 2 aromatic rings. The van der Waals surface area contributed by atoms with Crippen LogP contribution >= 0.6 is 0 Å². The average Bonchev–Trinajstić information content (AvgIpc) is 2.52. The second-order valence-electron chi connectivity index (χ2n) is 4.56. The normalized spacial score (nSPS) is 11.6. The van der Waals surface area contributed by atoms with Gasteiger partial charge in [-0.3, -0.25) is 9.78 Å². The highest BCUT2D eigenvalue weighted by Gasteiger charge is 2.20. The molecule has 0 saturated heterocycles. The SMILES string of the molecule is C=CCNC(=O)C(Cc1ccncc1)c1ccccc1. The predicted octanol–water partition coefficient (Wildman–Crippen LogP) is 2.71. The summed E-state index contributed by atoms with van der Waals surface area (Å²) in [5.74, 6) is -0.175. The second-order valence-corrected chi connectivity index (χ2v) is 4.56. The number of carbonyl (C=O) groups excluding carboxylic acids is 1. The van der Waals surface area contributed by atoms with Gasteiger partial charge in [-0.15, -0.1) is 6.58 Å². The van der Waals surface area contributed by atoms with E-state index in [-0.39, 0.29) is 11.8 Å². The smallest absolute Gasteiger partial charge is 0.228 e. The van der Waals surface area contributed by atoms with Crippen molar-refractivity contribution in [2.24, 2.45) is 0 Å². The average molecular weight is 266 g/mol. The molecule has 1 unspecified atom stereocenters. The van der Waals surface area contributed by atoms with Crippen LogP contribution in [0.5, 0.6) is 0 Å². The van der Waals surface area contributed by atoms with Crippen LogP contribution in [0.2, 0.25) is 0 Å². The predicted molar refractivity (Wildman–Crippen MR) is 80.3 cm³/mol. The van der Waals surface area contributed by atoms with Gasteiger partial charge in [0.15, 0.2) is 0 Å². The number of nitrogens with zero attached hydrogens (tertiary/aromatic N) is 1. The Balaban J connectivity index is 2.20. The topological polar surface area (TPSA) is 42.0 Å². The van der Waals surface area contributed by atoms with Crippen molar-refractivity contribution in [3.05, 3.63) is 78.6 Å². The lowest BCUT2D eigenvalue weighted by Crippen LogP contribution is -2.30. The maximum absolute atomic E-state index is 12.3. The Bertz CT molecular complexity index is 552. The van der Waals surface area contributed by atoms with E-state index in [0.29, 0.717) is 13.0 Å². The Kier molecular flexibility index (Phi) is 5.07. The van der Waals surface area contributed by atoms with Crippen molar-refractivity contribution in [1.29, 1.82) is 0 Å². The number of hydrogen-bond acceptors (Lipinski definition) is 2. The third kappa shape index (κ3) is 3.79. The quantitative estimate of drug-likeness (QED) is 0.817. The van der Waals surface area contributed by atoms with Crippen LogP contribution in [0.25, 0.3) is 0 Å². The summed E-state index contributed by atoms with van der Waals surface area (Å²) >= 11 is 0. The van der Waals surface area contributed by atoms with Crippen molar-refractivity contribution in [2.75, 3.05) is 6.54 Å². The maximum atomic E-state index is 12.3. The van der Waals surface area contributed by atoms with Gasteiger partial charge in [0.25, 0.3) is 0 Å². The fourth-order valence-corrected chi connectivity index (χ4v) is 2.10. The van der Waals surface area contributed by atoms with Crippen LogP contribution in [-0.4, -0.2) is 17.4 Å². The van der Waals surface area contributed by atoms with Gasteiger partial charge in [-0.1, -0.05) is 36.4 Å². The lowest BCUT2D eigenvalue weighted by Gasteiger charge is -2.17. The highest BCUT2D eigenvalue weighted by molar-refractivity contribution is 5.84. The highest BCUT2D eigenvalue weighted by Crippen LogP contribution is 2.20. The number of hydrogen-bond donors (Lipinski definition) is 1. The van der Waals surface area contributed by atoms with Gasteiger partial charge < -0.3 is 5.32 Å². The highest BCUT2D eigenvalue weighted by atomic mass is 16.1. The summed E-state index contributed by atoms with van der Waals surface area (Å²) in [6.07, 6.45) is 5.85. The van der Waals surface area contributed by atoms with Gasteiger partial charge >= 0.3 is 0 Å². The minimum atomic E-state index is -0.196. The molecule has 1 aromatic heterocycles. The van der Waals surface area contributed by atoms with Crippen molar-refractivity contribution in [3.8, 4) is 0 Å². The minimum Gasteiger partial charge on any atom is -0.352 e. The molecule has 0 spiro atoms. The van der Waals surface area contributed by atoms with E-state index >= 15 is 0 Å². The fraction of sp³-hybridized carbons (Fsp3) is 0.176. The lowest BCUT2D eigenvalue weighted by atomic mass is 9.91. The number of rotatable bonds is 6. The van der Waals surface area contributed by atoms with Gasteiger partial charge in [0.1, 0.15) is 0 Å². The molecule has 0 bridgehead atoms. The van der Waals surface area contributed by atoms with Crippen molar-refractivity contribution in [1.82, 2.24) is 10.3 Å². The minimum absolute atomic E-state index is 0.0212. The van der Waals surface area contributed by atoms with E-state index in [1.807, 2.05) is 42.5 Å². The molecule has 3 heteroatoms. The van der Waals surface area contributed by atoms with Crippen LogP contribution in [0.3, 0.4) is 0 Å². The van der Waals surface area contributed by atoms with Crippen LogP contribution in [0.4, 0.5) is 0 Å². The zero-order chi connectivity index (χ0) is 14.2. The summed E-state index contributed by atoms with van der Waals surface area (Å²) in [6.45, 7) is 4.11. The Morgan fingerprint density at radius 3 is 2.55 bits per heavy atom. The fourth-order valence-electron chi connectivity index (χ4n) is 2.10. The van der Waals surface area contributed by atoms with E-state index in [0.717, 1.165) is 11.1 Å². The van der Waals surface area contributed by atoms with E-state index in [4.69, 9.17) is 0 Å². The zero-order valence-electron chi connectivity index (χ0n) is 11.3. The van der Waals surface area contributed by atoms with Crippen molar-refractivity contribution >= 4 is 5.91 Å². The Hall–Kier alpha value is -2.42.